The molecule has 3 heteroatoms. The highest BCUT2D eigenvalue weighted by atomic mass is 16.3. The van der Waals surface area contributed by atoms with E-state index in [4.69, 9.17) is 5.11 Å². The highest BCUT2D eigenvalue weighted by Gasteiger charge is 2.26. The van der Waals surface area contributed by atoms with Crippen LogP contribution >= 0.6 is 0 Å². The van der Waals surface area contributed by atoms with Crippen LogP contribution in [0.1, 0.15) is 19.8 Å². The minimum absolute atomic E-state index is 0.0920. The van der Waals surface area contributed by atoms with Crippen LogP contribution < -0.4 is 0 Å². The average Bonchev–Trinajstić information content (AvgIpc) is 2.13. The lowest BCUT2D eigenvalue weighted by molar-refractivity contribution is -0.127. The molecule has 10 heavy (non-hydrogen) atoms. The number of aliphatic hydroxyl groups excluding tert-OH is 1. The fourth-order valence-corrected chi connectivity index (χ4v) is 1.24. The molecular weight excluding hydrogens is 130 g/mol. The highest BCUT2D eigenvalue weighted by Crippen LogP contribution is 2.10. The maximum Gasteiger partial charge on any atom is 0.225 e. The van der Waals surface area contributed by atoms with Gasteiger partial charge in [0.05, 0.1) is 12.5 Å². The molecule has 1 fully saturated rings. The number of hydrogen-bond donors (Lipinski definition) is 1. The molecule has 1 aliphatic rings. The lowest BCUT2D eigenvalue weighted by Crippen LogP contribution is -2.26. The Hall–Kier alpha value is -0.570. The molecule has 0 bridgehead atoms. The second-order valence-corrected chi connectivity index (χ2v) is 2.70. The zero-order valence-corrected chi connectivity index (χ0v) is 6.21. The molecular formula is C7H13NO2. The van der Waals surface area contributed by atoms with Crippen molar-refractivity contribution in [2.75, 3.05) is 13.1 Å². The van der Waals surface area contributed by atoms with Gasteiger partial charge in [-0.15, -0.1) is 0 Å². The quantitative estimate of drug-likeness (QED) is 0.590. The van der Waals surface area contributed by atoms with Gasteiger partial charge in [-0.1, -0.05) is 6.92 Å². The van der Waals surface area contributed by atoms with Gasteiger partial charge in [0.1, 0.15) is 0 Å². The Morgan fingerprint density at radius 2 is 2.50 bits per heavy atom. The molecule has 0 aliphatic carbocycles. The van der Waals surface area contributed by atoms with Gasteiger partial charge < -0.3 is 10.0 Å². The Bertz CT molecular complexity index is 136. The second kappa shape index (κ2) is 3.01. The number of nitrogens with zero attached hydrogens (tertiary/aromatic N) is 1. The smallest absolute Gasteiger partial charge is 0.225 e. The van der Waals surface area contributed by atoms with Crippen LogP contribution in [0.5, 0.6) is 0 Å². The predicted octanol–water partition coefficient (Wildman–Crippen LogP) is -0.0104. The van der Waals surface area contributed by atoms with Crippen LogP contribution in [-0.4, -0.2) is 35.1 Å². The summed E-state index contributed by atoms with van der Waals surface area (Å²) in [6, 6.07) is 0. The summed E-state index contributed by atoms with van der Waals surface area (Å²) in [6.07, 6.45) is 0.873. The maximum atomic E-state index is 10.9. The van der Waals surface area contributed by atoms with Crippen molar-refractivity contribution >= 4 is 5.91 Å². The number of aliphatic hydroxyl groups is 1. The van der Waals surface area contributed by atoms with Gasteiger partial charge in [-0.3, -0.25) is 4.79 Å². The van der Waals surface area contributed by atoms with Crippen molar-refractivity contribution in [1.82, 2.24) is 4.90 Å². The van der Waals surface area contributed by atoms with Crippen LogP contribution in [0.25, 0.3) is 0 Å². The van der Waals surface area contributed by atoms with Gasteiger partial charge in [-0.25, -0.2) is 0 Å². The third-order valence-corrected chi connectivity index (χ3v) is 1.69. The summed E-state index contributed by atoms with van der Waals surface area (Å²) in [5, 5.41) is 9.03. The molecule has 1 aliphatic heterocycles. The fraction of sp³-hybridized carbons (Fsp3) is 0.857. The van der Waals surface area contributed by atoms with Crippen molar-refractivity contribution in [3.63, 3.8) is 0 Å². The van der Waals surface area contributed by atoms with E-state index < -0.39 is 6.10 Å². The van der Waals surface area contributed by atoms with Crippen LogP contribution in [0.15, 0.2) is 0 Å². The van der Waals surface area contributed by atoms with E-state index in [9.17, 15) is 4.79 Å². The first kappa shape index (κ1) is 7.54. The number of hydrogen-bond acceptors (Lipinski definition) is 2. The zero-order valence-electron chi connectivity index (χ0n) is 6.21. The SMILES string of the molecule is CCCN1CC(O)CC1=O. The minimum atomic E-state index is -0.418. The van der Waals surface area contributed by atoms with Gasteiger partial charge in [0, 0.05) is 13.1 Å². The summed E-state index contributed by atoms with van der Waals surface area (Å²) < 4.78 is 0. The van der Waals surface area contributed by atoms with Gasteiger partial charge in [0.15, 0.2) is 0 Å². The van der Waals surface area contributed by atoms with E-state index in [1.165, 1.54) is 0 Å². The molecule has 3 nitrogen and oxygen atoms in total. The summed E-state index contributed by atoms with van der Waals surface area (Å²) in [7, 11) is 0. The summed E-state index contributed by atoms with van der Waals surface area (Å²) >= 11 is 0. The summed E-state index contributed by atoms with van der Waals surface area (Å²) in [5.74, 6) is 0.0920. The third-order valence-electron chi connectivity index (χ3n) is 1.69. The number of likely N-dealkylation sites (tertiary alicyclic amines) is 1. The standard InChI is InChI=1S/C7H13NO2/c1-2-3-8-5-6(9)4-7(8)10/h6,9H,2-5H2,1H3. The Balaban J connectivity index is 2.39. The fourth-order valence-electron chi connectivity index (χ4n) is 1.24. The molecule has 1 amide bonds. The van der Waals surface area contributed by atoms with Crippen LogP contribution in [0, 0.1) is 0 Å². The van der Waals surface area contributed by atoms with E-state index in [1.807, 2.05) is 6.92 Å². The topological polar surface area (TPSA) is 40.5 Å². The second-order valence-electron chi connectivity index (χ2n) is 2.70. The molecule has 1 heterocycles. The molecule has 1 saturated heterocycles. The number of carbonyl (C=O) groups excluding carboxylic acids is 1. The summed E-state index contributed by atoms with van der Waals surface area (Å²) in [6.45, 7) is 3.35. The normalized spacial score (nSPS) is 26.0. The van der Waals surface area contributed by atoms with E-state index in [0.717, 1.165) is 13.0 Å². The first-order valence-electron chi connectivity index (χ1n) is 3.70. The number of β-amino-alcohol motifs (C(OH)–C–C–N with tert-alkyl or cyclic N) is 1. The molecule has 1 unspecified atom stereocenters. The van der Waals surface area contributed by atoms with Crippen LogP contribution in [0.4, 0.5) is 0 Å². The molecule has 0 radical (unpaired) electrons. The van der Waals surface area contributed by atoms with Gasteiger partial charge in [-0.2, -0.15) is 0 Å². The Morgan fingerprint density at radius 1 is 1.80 bits per heavy atom. The van der Waals surface area contributed by atoms with Crippen LogP contribution in [0.3, 0.4) is 0 Å². The van der Waals surface area contributed by atoms with Crippen molar-refractivity contribution in [3.05, 3.63) is 0 Å². The van der Waals surface area contributed by atoms with Crippen molar-refractivity contribution in [2.24, 2.45) is 0 Å². The maximum absolute atomic E-state index is 10.9. The van der Waals surface area contributed by atoms with E-state index in [1.54, 1.807) is 4.90 Å². The monoisotopic (exact) mass is 143 g/mol. The third kappa shape index (κ3) is 1.48. The molecule has 1 rings (SSSR count). The summed E-state index contributed by atoms with van der Waals surface area (Å²) in [4.78, 5) is 12.7. The molecule has 0 aromatic heterocycles. The van der Waals surface area contributed by atoms with Gasteiger partial charge >= 0.3 is 0 Å². The van der Waals surface area contributed by atoms with Gasteiger partial charge in [0.25, 0.3) is 0 Å². The van der Waals surface area contributed by atoms with Crippen LogP contribution in [-0.2, 0) is 4.79 Å². The van der Waals surface area contributed by atoms with Crippen molar-refractivity contribution in [3.8, 4) is 0 Å². The molecule has 0 aromatic rings. The van der Waals surface area contributed by atoms with E-state index in [0.29, 0.717) is 13.0 Å². The first-order chi connectivity index (χ1) is 4.74. The molecule has 58 valence electrons. The Labute approximate surface area is 60.6 Å². The summed E-state index contributed by atoms with van der Waals surface area (Å²) in [5.41, 5.74) is 0. The Morgan fingerprint density at radius 3 is 2.90 bits per heavy atom. The predicted molar refractivity (Wildman–Crippen MR) is 37.5 cm³/mol. The highest BCUT2D eigenvalue weighted by molar-refractivity contribution is 5.78. The van der Waals surface area contributed by atoms with E-state index in [2.05, 4.69) is 0 Å². The zero-order chi connectivity index (χ0) is 7.56. The molecule has 1 atom stereocenters. The largest absolute Gasteiger partial charge is 0.391 e. The molecule has 1 N–H and O–H groups in total. The van der Waals surface area contributed by atoms with Gasteiger partial charge in [-0.05, 0) is 6.42 Å². The average molecular weight is 143 g/mol. The van der Waals surface area contributed by atoms with Crippen molar-refractivity contribution in [2.45, 2.75) is 25.9 Å². The lowest BCUT2D eigenvalue weighted by Gasteiger charge is -2.13. The van der Waals surface area contributed by atoms with E-state index in [-0.39, 0.29) is 5.91 Å². The molecule has 0 aromatic carbocycles. The number of amides is 1. The molecule has 0 saturated carbocycles. The first-order valence-corrected chi connectivity index (χ1v) is 3.70. The van der Waals surface area contributed by atoms with E-state index >= 15 is 0 Å². The van der Waals surface area contributed by atoms with Crippen LogP contribution in [0.2, 0.25) is 0 Å². The number of rotatable bonds is 2. The molecule has 0 spiro atoms. The van der Waals surface area contributed by atoms with Crippen molar-refractivity contribution < 1.29 is 9.90 Å². The van der Waals surface area contributed by atoms with Gasteiger partial charge in [0.2, 0.25) is 5.91 Å². The minimum Gasteiger partial charge on any atom is -0.391 e. The number of carbonyl (C=O) groups is 1. The Kier molecular flexibility index (Phi) is 2.27. The lowest BCUT2D eigenvalue weighted by atomic mass is 10.3. The van der Waals surface area contributed by atoms with Crippen molar-refractivity contribution in [1.29, 1.82) is 0 Å².